The predicted octanol–water partition coefficient (Wildman–Crippen LogP) is 2.31. The Morgan fingerprint density at radius 2 is 2.09 bits per heavy atom. The number of likely N-dealkylation sites (tertiary alicyclic amines) is 1. The topological polar surface area (TPSA) is 45.9 Å². The summed E-state index contributed by atoms with van der Waals surface area (Å²) in [6.45, 7) is 7.49. The average molecular weight is 306 g/mol. The molecule has 1 aromatic heterocycles. The Balaban J connectivity index is 1.61. The standard InChI is InChI=1S/C17H26N2O3/c1-14-16(6-11-22-14)17(20)19-7-3-2-4-15(19)5-8-18-9-12-21-13-10-18/h6,11,15H,2-5,7-10,12-13H2,1H3/t15-/m0/s1. The van der Waals surface area contributed by atoms with Gasteiger partial charge in [0.2, 0.25) is 0 Å². The Morgan fingerprint density at radius 1 is 1.27 bits per heavy atom. The highest BCUT2D eigenvalue weighted by atomic mass is 16.5. The van der Waals surface area contributed by atoms with Gasteiger partial charge in [0, 0.05) is 32.2 Å². The summed E-state index contributed by atoms with van der Waals surface area (Å²) in [5.74, 6) is 0.862. The lowest BCUT2D eigenvalue weighted by Crippen LogP contribution is -2.46. The van der Waals surface area contributed by atoms with Gasteiger partial charge in [-0.1, -0.05) is 0 Å². The molecule has 0 unspecified atom stereocenters. The molecule has 0 bridgehead atoms. The minimum Gasteiger partial charge on any atom is -0.469 e. The maximum atomic E-state index is 12.8. The van der Waals surface area contributed by atoms with Gasteiger partial charge in [-0.25, -0.2) is 0 Å². The summed E-state index contributed by atoms with van der Waals surface area (Å²) >= 11 is 0. The molecule has 0 saturated carbocycles. The molecule has 1 amide bonds. The fourth-order valence-electron chi connectivity index (χ4n) is 3.49. The van der Waals surface area contributed by atoms with Gasteiger partial charge in [-0.05, 0) is 38.7 Å². The normalized spacial score (nSPS) is 23.7. The van der Waals surface area contributed by atoms with Gasteiger partial charge >= 0.3 is 0 Å². The quantitative estimate of drug-likeness (QED) is 0.856. The van der Waals surface area contributed by atoms with E-state index in [2.05, 4.69) is 9.80 Å². The minimum absolute atomic E-state index is 0.137. The minimum atomic E-state index is 0.137. The van der Waals surface area contributed by atoms with Crippen LogP contribution in [0.2, 0.25) is 0 Å². The van der Waals surface area contributed by atoms with Crippen LogP contribution in [-0.2, 0) is 4.74 Å². The van der Waals surface area contributed by atoms with Gasteiger partial charge in [-0.15, -0.1) is 0 Å². The van der Waals surface area contributed by atoms with Crippen molar-refractivity contribution in [3.8, 4) is 0 Å². The van der Waals surface area contributed by atoms with Crippen LogP contribution in [0.1, 0.15) is 41.8 Å². The highest BCUT2D eigenvalue weighted by Gasteiger charge is 2.29. The van der Waals surface area contributed by atoms with E-state index in [0.717, 1.165) is 70.0 Å². The number of ether oxygens (including phenoxy) is 1. The molecular formula is C17H26N2O3. The molecule has 5 nitrogen and oxygen atoms in total. The molecule has 122 valence electrons. The number of rotatable bonds is 4. The van der Waals surface area contributed by atoms with Crippen LogP contribution in [0, 0.1) is 6.92 Å². The van der Waals surface area contributed by atoms with Crippen molar-refractivity contribution in [1.29, 1.82) is 0 Å². The zero-order valence-corrected chi connectivity index (χ0v) is 13.4. The Morgan fingerprint density at radius 3 is 2.82 bits per heavy atom. The molecule has 2 aliphatic heterocycles. The number of carbonyl (C=O) groups excluding carboxylic acids is 1. The number of aryl methyl sites for hydroxylation is 1. The van der Waals surface area contributed by atoms with Crippen molar-refractivity contribution in [2.45, 2.75) is 38.6 Å². The smallest absolute Gasteiger partial charge is 0.257 e. The summed E-state index contributed by atoms with van der Waals surface area (Å²) in [4.78, 5) is 17.3. The van der Waals surface area contributed by atoms with Crippen LogP contribution in [0.25, 0.3) is 0 Å². The third-order valence-electron chi connectivity index (χ3n) is 4.86. The zero-order valence-electron chi connectivity index (χ0n) is 13.4. The Kier molecular flexibility index (Phi) is 5.16. The number of carbonyl (C=O) groups is 1. The van der Waals surface area contributed by atoms with Crippen molar-refractivity contribution < 1.29 is 13.9 Å². The van der Waals surface area contributed by atoms with Crippen molar-refractivity contribution in [1.82, 2.24) is 9.80 Å². The Labute approximate surface area is 132 Å². The van der Waals surface area contributed by atoms with E-state index < -0.39 is 0 Å². The molecule has 2 aliphatic rings. The number of furan rings is 1. The maximum Gasteiger partial charge on any atom is 0.257 e. The molecule has 2 fully saturated rings. The molecule has 0 radical (unpaired) electrons. The molecule has 1 aromatic rings. The second kappa shape index (κ2) is 7.29. The van der Waals surface area contributed by atoms with Crippen LogP contribution < -0.4 is 0 Å². The Hall–Kier alpha value is -1.33. The van der Waals surface area contributed by atoms with Gasteiger partial charge in [0.1, 0.15) is 5.76 Å². The average Bonchev–Trinajstić information content (AvgIpc) is 2.99. The van der Waals surface area contributed by atoms with Gasteiger partial charge in [0.05, 0.1) is 25.0 Å². The fraction of sp³-hybridized carbons (Fsp3) is 0.706. The van der Waals surface area contributed by atoms with E-state index in [0.29, 0.717) is 6.04 Å². The summed E-state index contributed by atoms with van der Waals surface area (Å²) in [6, 6.07) is 2.16. The summed E-state index contributed by atoms with van der Waals surface area (Å²) < 4.78 is 10.7. The van der Waals surface area contributed by atoms with E-state index in [1.807, 2.05) is 6.92 Å². The number of piperidine rings is 1. The van der Waals surface area contributed by atoms with E-state index in [-0.39, 0.29) is 5.91 Å². The van der Waals surface area contributed by atoms with Crippen molar-refractivity contribution in [3.05, 3.63) is 23.7 Å². The zero-order chi connectivity index (χ0) is 15.4. The Bertz CT molecular complexity index is 494. The lowest BCUT2D eigenvalue weighted by atomic mass is 9.98. The third-order valence-corrected chi connectivity index (χ3v) is 4.86. The van der Waals surface area contributed by atoms with Crippen LogP contribution >= 0.6 is 0 Å². The predicted molar refractivity (Wildman–Crippen MR) is 84.0 cm³/mol. The number of nitrogens with zero attached hydrogens (tertiary/aromatic N) is 2. The first-order valence-corrected chi connectivity index (χ1v) is 8.41. The van der Waals surface area contributed by atoms with E-state index in [1.165, 1.54) is 6.42 Å². The first-order chi connectivity index (χ1) is 10.8. The summed E-state index contributed by atoms with van der Waals surface area (Å²) in [5.41, 5.74) is 0.721. The van der Waals surface area contributed by atoms with E-state index in [1.54, 1.807) is 12.3 Å². The highest BCUT2D eigenvalue weighted by molar-refractivity contribution is 5.95. The third kappa shape index (κ3) is 3.52. The number of morpholine rings is 1. The molecule has 3 rings (SSSR count). The largest absolute Gasteiger partial charge is 0.469 e. The second-order valence-electron chi connectivity index (χ2n) is 6.28. The van der Waals surface area contributed by atoms with E-state index in [4.69, 9.17) is 9.15 Å². The number of hydrogen-bond acceptors (Lipinski definition) is 4. The number of amides is 1. The van der Waals surface area contributed by atoms with Crippen LogP contribution in [0.15, 0.2) is 16.7 Å². The van der Waals surface area contributed by atoms with Gasteiger partial charge in [-0.3, -0.25) is 9.69 Å². The first kappa shape index (κ1) is 15.6. The van der Waals surface area contributed by atoms with E-state index >= 15 is 0 Å². The van der Waals surface area contributed by atoms with Gasteiger partial charge in [-0.2, -0.15) is 0 Å². The van der Waals surface area contributed by atoms with E-state index in [9.17, 15) is 4.79 Å². The molecule has 1 atom stereocenters. The molecule has 2 saturated heterocycles. The van der Waals surface area contributed by atoms with Crippen LogP contribution in [-0.4, -0.2) is 61.1 Å². The second-order valence-corrected chi connectivity index (χ2v) is 6.28. The number of hydrogen-bond donors (Lipinski definition) is 0. The van der Waals surface area contributed by atoms with Crippen molar-refractivity contribution in [2.24, 2.45) is 0 Å². The molecular weight excluding hydrogens is 280 g/mol. The maximum absolute atomic E-state index is 12.8. The summed E-state index contributed by atoms with van der Waals surface area (Å²) in [5, 5.41) is 0. The summed E-state index contributed by atoms with van der Waals surface area (Å²) in [6.07, 6.45) is 6.11. The van der Waals surface area contributed by atoms with Crippen LogP contribution in [0.5, 0.6) is 0 Å². The van der Waals surface area contributed by atoms with Crippen molar-refractivity contribution in [3.63, 3.8) is 0 Å². The SMILES string of the molecule is Cc1occc1C(=O)N1CCCC[C@H]1CCN1CCOCC1. The monoisotopic (exact) mass is 306 g/mol. The highest BCUT2D eigenvalue weighted by Crippen LogP contribution is 2.24. The fourth-order valence-corrected chi connectivity index (χ4v) is 3.49. The summed E-state index contributed by atoms with van der Waals surface area (Å²) in [7, 11) is 0. The molecule has 0 aliphatic carbocycles. The lowest BCUT2D eigenvalue weighted by molar-refractivity contribution is 0.0295. The van der Waals surface area contributed by atoms with Gasteiger partial charge < -0.3 is 14.1 Å². The molecule has 5 heteroatoms. The van der Waals surface area contributed by atoms with Crippen molar-refractivity contribution >= 4 is 5.91 Å². The van der Waals surface area contributed by atoms with Crippen LogP contribution in [0.3, 0.4) is 0 Å². The first-order valence-electron chi connectivity index (χ1n) is 8.41. The van der Waals surface area contributed by atoms with Gasteiger partial charge in [0.15, 0.2) is 0 Å². The van der Waals surface area contributed by atoms with Gasteiger partial charge in [0.25, 0.3) is 5.91 Å². The molecule has 0 spiro atoms. The molecule has 3 heterocycles. The van der Waals surface area contributed by atoms with Crippen molar-refractivity contribution in [2.75, 3.05) is 39.4 Å². The van der Waals surface area contributed by atoms with Crippen LogP contribution in [0.4, 0.5) is 0 Å². The lowest BCUT2D eigenvalue weighted by Gasteiger charge is -2.37. The molecule has 0 aromatic carbocycles. The molecule has 0 N–H and O–H groups in total. The molecule has 22 heavy (non-hydrogen) atoms.